The number of methoxy groups -OCH3 is 1. The smallest absolute Gasteiger partial charge is 0.337 e. The van der Waals surface area contributed by atoms with Crippen molar-refractivity contribution in [3.63, 3.8) is 0 Å². The van der Waals surface area contributed by atoms with Gasteiger partial charge in [0.25, 0.3) is 0 Å². The summed E-state index contributed by atoms with van der Waals surface area (Å²) in [6.07, 6.45) is 2.57. The molecule has 92 valence electrons. The summed E-state index contributed by atoms with van der Waals surface area (Å²) in [5.41, 5.74) is 1.81. The van der Waals surface area contributed by atoms with Crippen LogP contribution in [0.25, 0.3) is 0 Å². The second-order valence-corrected chi connectivity index (χ2v) is 4.73. The molecule has 0 aromatic heterocycles. The van der Waals surface area contributed by atoms with Crippen molar-refractivity contribution in [1.29, 1.82) is 0 Å². The maximum atomic E-state index is 11.3. The van der Waals surface area contributed by atoms with Gasteiger partial charge in [-0.25, -0.2) is 4.79 Å². The molecule has 1 heterocycles. The Labute approximate surface area is 102 Å². The zero-order chi connectivity index (χ0) is 12.3. The SMILES string of the molecule is COC(=O)c1ccc(N2CCCC(C)C2)cc1. The molecule has 3 nitrogen and oxygen atoms in total. The van der Waals surface area contributed by atoms with Gasteiger partial charge in [0.1, 0.15) is 0 Å². The highest BCUT2D eigenvalue weighted by atomic mass is 16.5. The zero-order valence-corrected chi connectivity index (χ0v) is 10.5. The summed E-state index contributed by atoms with van der Waals surface area (Å²) in [5.74, 6) is 0.479. The van der Waals surface area contributed by atoms with Crippen LogP contribution in [0, 0.1) is 5.92 Å². The molecule has 1 aliphatic rings. The number of carbonyl (C=O) groups is 1. The first kappa shape index (κ1) is 12.0. The van der Waals surface area contributed by atoms with Crippen LogP contribution in [0.3, 0.4) is 0 Å². The summed E-state index contributed by atoms with van der Waals surface area (Å²) < 4.78 is 4.69. The standard InChI is InChI=1S/C14H19NO2/c1-11-4-3-9-15(10-11)13-7-5-12(6-8-13)14(16)17-2/h5-8,11H,3-4,9-10H2,1-2H3. The second kappa shape index (κ2) is 5.21. The van der Waals surface area contributed by atoms with Crippen molar-refractivity contribution in [2.75, 3.05) is 25.1 Å². The van der Waals surface area contributed by atoms with E-state index in [9.17, 15) is 4.79 Å². The summed E-state index contributed by atoms with van der Waals surface area (Å²) in [5, 5.41) is 0. The zero-order valence-electron chi connectivity index (χ0n) is 10.5. The molecule has 0 amide bonds. The van der Waals surface area contributed by atoms with Crippen LogP contribution in [0.15, 0.2) is 24.3 Å². The van der Waals surface area contributed by atoms with Crippen LogP contribution < -0.4 is 4.90 Å². The Bertz CT molecular complexity index is 386. The Hall–Kier alpha value is -1.51. The van der Waals surface area contributed by atoms with Crippen molar-refractivity contribution >= 4 is 11.7 Å². The predicted molar refractivity (Wildman–Crippen MR) is 68.4 cm³/mol. The fourth-order valence-corrected chi connectivity index (χ4v) is 2.35. The number of ether oxygens (including phenoxy) is 1. The summed E-state index contributed by atoms with van der Waals surface area (Å²) >= 11 is 0. The molecule has 3 heteroatoms. The van der Waals surface area contributed by atoms with Gasteiger partial charge in [-0.15, -0.1) is 0 Å². The van der Waals surface area contributed by atoms with Crippen molar-refractivity contribution < 1.29 is 9.53 Å². The van der Waals surface area contributed by atoms with Gasteiger partial charge in [-0.3, -0.25) is 0 Å². The number of hydrogen-bond donors (Lipinski definition) is 0. The fourth-order valence-electron chi connectivity index (χ4n) is 2.35. The number of nitrogens with zero attached hydrogens (tertiary/aromatic N) is 1. The minimum atomic E-state index is -0.274. The fraction of sp³-hybridized carbons (Fsp3) is 0.500. The monoisotopic (exact) mass is 233 g/mol. The van der Waals surface area contributed by atoms with Crippen molar-refractivity contribution in [1.82, 2.24) is 0 Å². The first-order valence-corrected chi connectivity index (χ1v) is 6.14. The lowest BCUT2D eigenvalue weighted by molar-refractivity contribution is 0.0601. The van der Waals surface area contributed by atoms with E-state index >= 15 is 0 Å². The van der Waals surface area contributed by atoms with E-state index < -0.39 is 0 Å². The van der Waals surface area contributed by atoms with E-state index in [1.54, 1.807) is 0 Å². The highest BCUT2D eigenvalue weighted by Crippen LogP contribution is 2.23. The first-order valence-electron chi connectivity index (χ1n) is 6.14. The van der Waals surface area contributed by atoms with E-state index in [2.05, 4.69) is 16.6 Å². The Morgan fingerprint density at radius 2 is 2.06 bits per heavy atom. The number of piperidine rings is 1. The van der Waals surface area contributed by atoms with Gasteiger partial charge in [0, 0.05) is 18.8 Å². The summed E-state index contributed by atoms with van der Waals surface area (Å²) in [6.45, 7) is 4.51. The van der Waals surface area contributed by atoms with Crippen molar-refractivity contribution in [2.45, 2.75) is 19.8 Å². The quantitative estimate of drug-likeness (QED) is 0.736. The number of anilines is 1. The van der Waals surface area contributed by atoms with Crippen LogP contribution in [0.2, 0.25) is 0 Å². The van der Waals surface area contributed by atoms with Crippen molar-refractivity contribution in [3.8, 4) is 0 Å². The molecule has 0 aliphatic carbocycles. The lowest BCUT2D eigenvalue weighted by Crippen LogP contribution is -2.34. The van der Waals surface area contributed by atoms with Gasteiger partial charge >= 0.3 is 5.97 Å². The average Bonchev–Trinajstić information content (AvgIpc) is 2.38. The van der Waals surface area contributed by atoms with Gasteiger partial charge in [-0.05, 0) is 43.0 Å². The molecule has 1 fully saturated rings. The topological polar surface area (TPSA) is 29.5 Å². The normalized spacial score (nSPS) is 20.1. The molecule has 1 aromatic carbocycles. The molecule has 1 aliphatic heterocycles. The van der Waals surface area contributed by atoms with Crippen molar-refractivity contribution in [2.24, 2.45) is 5.92 Å². The molecule has 2 rings (SSSR count). The van der Waals surface area contributed by atoms with Crippen molar-refractivity contribution in [3.05, 3.63) is 29.8 Å². The van der Waals surface area contributed by atoms with Crippen LogP contribution in [-0.4, -0.2) is 26.2 Å². The number of esters is 1. The maximum absolute atomic E-state index is 11.3. The van der Waals surface area contributed by atoms with Gasteiger partial charge in [0.2, 0.25) is 0 Å². The lowest BCUT2D eigenvalue weighted by Gasteiger charge is -2.32. The molecule has 0 saturated carbocycles. The molecule has 17 heavy (non-hydrogen) atoms. The average molecular weight is 233 g/mol. The summed E-state index contributed by atoms with van der Waals surface area (Å²) in [4.78, 5) is 13.7. The minimum Gasteiger partial charge on any atom is -0.465 e. The molecule has 0 spiro atoms. The summed E-state index contributed by atoms with van der Waals surface area (Å²) in [6, 6.07) is 7.68. The first-order chi connectivity index (χ1) is 8.20. The van der Waals surface area contributed by atoms with Gasteiger partial charge in [-0.2, -0.15) is 0 Å². The second-order valence-electron chi connectivity index (χ2n) is 4.73. The predicted octanol–water partition coefficient (Wildman–Crippen LogP) is 2.71. The Morgan fingerprint density at radius 3 is 2.65 bits per heavy atom. The molecule has 0 radical (unpaired) electrons. The van der Waals surface area contributed by atoms with E-state index in [4.69, 9.17) is 0 Å². The third-order valence-corrected chi connectivity index (χ3v) is 3.31. The third kappa shape index (κ3) is 2.78. The molecule has 1 aromatic rings. The molecule has 1 saturated heterocycles. The van der Waals surface area contributed by atoms with Crippen LogP contribution in [0.4, 0.5) is 5.69 Å². The summed E-state index contributed by atoms with van der Waals surface area (Å²) in [7, 11) is 1.41. The van der Waals surface area contributed by atoms with Crippen LogP contribution in [0.1, 0.15) is 30.1 Å². The van der Waals surface area contributed by atoms with Gasteiger partial charge in [0.05, 0.1) is 12.7 Å². The number of carbonyl (C=O) groups excluding carboxylic acids is 1. The van der Waals surface area contributed by atoms with Gasteiger partial charge in [0.15, 0.2) is 0 Å². The molecular weight excluding hydrogens is 214 g/mol. The highest BCUT2D eigenvalue weighted by Gasteiger charge is 2.16. The number of benzene rings is 1. The van der Waals surface area contributed by atoms with E-state index in [-0.39, 0.29) is 5.97 Å². The van der Waals surface area contributed by atoms with Crippen LogP contribution in [-0.2, 0) is 4.74 Å². The van der Waals surface area contributed by atoms with Gasteiger partial charge in [-0.1, -0.05) is 6.92 Å². The maximum Gasteiger partial charge on any atom is 0.337 e. The van der Waals surface area contributed by atoms with Crippen LogP contribution >= 0.6 is 0 Å². The van der Waals surface area contributed by atoms with E-state index in [1.807, 2.05) is 24.3 Å². The Kier molecular flexibility index (Phi) is 3.67. The Morgan fingerprint density at radius 1 is 1.35 bits per heavy atom. The molecule has 0 N–H and O–H groups in total. The number of hydrogen-bond acceptors (Lipinski definition) is 3. The highest BCUT2D eigenvalue weighted by molar-refractivity contribution is 5.89. The van der Waals surface area contributed by atoms with E-state index in [0.29, 0.717) is 5.56 Å². The molecule has 0 bridgehead atoms. The van der Waals surface area contributed by atoms with E-state index in [0.717, 1.165) is 19.0 Å². The molecule has 1 atom stereocenters. The van der Waals surface area contributed by atoms with Gasteiger partial charge < -0.3 is 9.64 Å². The molecular formula is C14H19NO2. The Balaban J connectivity index is 2.09. The molecule has 1 unspecified atom stereocenters. The minimum absolute atomic E-state index is 0.274. The lowest BCUT2D eigenvalue weighted by atomic mass is 9.99. The van der Waals surface area contributed by atoms with E-state index in [1.165, 1.54) is 25.6 Å². The number of rotatable bonds is 2. The van der Waals surface area contributed by atoms with Crippen LogP contribution in [0.5, 0.6) is 0 Å². The largest absolute Gasteiger partial charge is 0.465 e. The third-order valence-electron chi connectivity index (χ3n) is 3.31.